The molecule has 19 heavy (non-hydrogen) atoms. The van der Waals surface area contributed by atoms with Gasteiger partial charge in [0, 0.05) is 12.1 Å². The number of nitriles is 1. The maximum atomic E-state index is 12.2. The average Bonchev–Trinajstić information content (AvgIpc) is 2.76. The van der Waals surface area contributed by atoms with Crippen LogP contribution in [0.5, 0.6) is 0 Å². The molecule has 2 aromatic rings. The van der Waals surface area contributed by atoms with E-state index in [1.54, 1.807) is 0 Å². The predicted molar refractivity (Wildman–Crippen MR) is 71.7 cm³/mol. The SMILES string of the molecule is Cc1cc(C)n(C(=O)C[C@@H](C#N)c2ccccc2)n1. The Morgan fingerprint density at radius 2 is 2.05 bits per heavy atom. The lowest BCUT2D eigenvalue weighted by Gasteiger charge is -2.09. The Bertz CT molecular complexity index is 623. The number of aryl methyl sites for hydroxylation is 2. The third kappa shape index (κ3) is 2.89. The molecular formula is C15H15N3O. The van der Waals surface area contributed by atoms with E-state index in [1.807, 2.05) is 50.2 Å². The molecule has 1 aromatic heterocycles. The van der Waals surface area contributed by atoms with Crippen molar-refractivity contribution in [2.45, 2.75) is 26.2 Å². The molecule has 0 spiro atoms. The summed E-state index contributed by atoms with van der Waals surface area (Å²) >= 11 is 0. The lowest BCUT2D eigenvalue weighted by molar-refractivity contribution is 0.0880. The molecule has 4 nitrogen and oxygen atoms in total. The first-order valence-corrected chi connectivity index (χ1v) is 6.13. The third-order valence-corrected chi connectivity index (χ3v) is 2.98. The molecule has 0 unspecified atom stereocenters. The van der Waals surface area contributed by atoms with E-state index in [1.165, 1.54) is 4.68 Å². The molecule has 0 saturated heterocycles. The van der Waals surface area contributed by atoms with Crippen molar-refractivity contribution < 1.29 is 4.79 Å². The molecule has 0 N–H and O–H groups in total. The molecule has 0 fully saturated rings. The highest BCUT2D eigenvalue weighted by Gasteiger charge is 2.18. The van der Waals surface area contributed by atoms with Crippen LogP contribution in [-0.2, 0) is 0 Å². The Labute approximate surface area is 112 Å². The Hall–Kier alpha value is -2.41. The lowest BCUT2D eigenvalue weighted by Crippen LogP contribution is -2.17. The summed E-state index contributed by atoms with van der Waals surface area (Å²) < 4.78 is 1.38. The largest absolute Gasteiger partial charge is 0.273 e. The maximum absolute atomic E-state index is 12.2. The highest BCUT2D eigenvalue weighted by Crippen LogP contribution is 2.19. The van der Waals surface area contributed by atoms with Crippen LogP contribution in [0.2, 0.25) is 0 Å². The minimum Gasteiger partial charge on any atom is -0.273 e. The molecular weight excluding hydrogens is 238 g/mol. The second-order valence-electron chi connectivity index (χ2n) is 4.53. The van der Waals surface area contributed by atoms with Gasteiger partial charge in [-0.2, -0.15) is 10.4 Å². The zero-order valence-electron chi connectivity index (χ0n) is 11.0. The minimum absolute atomic E-state index is 0.141. The average molecular weight is 253 g/mol. The second-order valence-corrected chi connectivity index (χ2v) is 4.53. The molecule has 0 amide bonds. The van der Waals surface area contributed by atoms with Gasteiger partial charge < -0.3 is 0 Å². The number of benzene rings is 1. The van der Waals surface area contributed by atoms with Gasteiger partial charge in [0.15, 0.2) is 0 Å². The smallest absolute Gasteiger partial charge is 0.248 e. The van der Waals surface area contributed by atoms with Crippen molar-refractivity contribution in [1.29, 1.82) is 5.26 Å². The quantitative estimate of drug-likeness (QED) is 0.845. The van der Waals surface area contributed by atoms with E-state index in [4.69, 9.17) is 0 Å². The Balaban J connectivity index is 2.18. The number of nitrogens with zero attached hydrogens (tertiary/aromatic N) is 3. The predicted octanol–water partition coefficient (Wildman–Crippen LogP) is 2.84. The highest BCUT2D eigenvalue weighted by atomic mass is 16.2. The van der Waals surface area contributed by atoms with Crippen molar-refractivity contribution >= 4 is 5.91 Å². The lowest BCUT2D eigenvalue weighted by atomic mass is 9.97. The Kier molecular flexibility index (Phi) is 3.76. The molecule has 0 aliphatic rings. The summed E-state index contributed by atoms with van der Waals surface area (Å²) in [6, 6.07) is 13.4. The number of hydrogen-bond donors (Lipinski definition) is 0. The van der Waals surface area contributed by atoms with Gasteiger partial charge in [-0.05, 0) is 25.5 Å². The van der Waals surface area contributed by atoms with Crippen molar-refractivity contribution in [3.05, 3.63) is 53.3 Å². The summed E-state index contributed by atoms with van der Waals surface area (Å²) in [6.45, 7) is 3.68. The molecule has 4 heteroatoms. The van der Waals surface area contributed by atoms with Crippen LogP contribution in [0, 0.1) is 25.2 Å². The van der Waals surface area contributed by atoms with Gasteiger partial charge in [0.1, 0.15) is 0 Å². The van der Waals surface area contributed by atoms with Gasteiger partial charge in [-0.3, -0.25) is 4.79 Å². The van der Waals surface area contributed by atoms with Gasteiger partial charge in [0.25, 0.3) is 0 Å². The van der Waals surface area contributed by atoms with E-state index >= 15 is 0 Å². The van der Waals surface area contributed by atoms with E-state index in [9.17, 15) is 10.1 Å². The normalized spacial score (nSPS) is 11.8. The third-order valence-electron chi connectivity index (χ3n) is 2.98. The molecule has 2 rings (SSSR count). The first-order chi connectivity index (χ1) is 9.11. The minimum atomic E-state index is -0.433. The zero-order valence-corrected chi connectivity index (χ0v) is 11.0. The van der Waals surface area contributed by atoms with Gasteiger partial charge in [-0.1, -0.05) is 30.3 Å². The zero-order chi connectivity index (χ0) is 13.8. The molecule has 0 aliphatic heterocycles. The molecule has 1 heterocycles. The molecule has 0 aliphatic carbocycles. The van der Waals surface area contributed by atoms with E-state index in [0.29, 0.717) is 0 Å². The van der Waals surface area contributed by atoms with Gasteiger partial charge in [-0.15, -0.1) is 0 Å². The van der Waals surface area contributed by atoms with Crippen molar-refractivity contribution in [3.63, 3.8) is 0 Å². The van der Waals surface area contributed by atoms with Crippen LogP contribution in [0.15, 0.2) is 36.4 Å². The Morgan fingerprint density at radius 1 is 1.37 bits per heavy atom. The van der Waals surface area contributed by atoms with Crippen molar-refractivity contribution in [2.75, 3.05) is 0 Å². The van der Waals surface area contributed by atoms with E-state index in [0.717, 1.165) is 17.0 Å². The van der Waals surface area contributed by atoms with Crippen LogP contribution >= 0.6 is 0 Å². The van der Waals surface area contributed by atoms with Crippen LogP contribution in [0.1, 0.15) is 34.1 Å². The summed E-state index contributed by atoms with van der Waals surface area (Å²) in [7, 11) is 0. The summed E-state index contributed by atoms with van der Waals surface area (Å²) in [4.78, 5) is 12.2. The van der Waals surface area contributed by atoms with E-state index in [-0.39, 0.29) is 12.3 Å². The fourth-order valence-electron chi connectivity index (χ4n) is 2.07. The van der Waals surface area contributed by atoms with Crippen LogP contribution in [0.25, 0.3) is 0 Å². The van der Waals surface area contributed by atoms with Gasteiger partial charge in [-0.25, -0.2) is 4.68 Å². The van der Waals surface area contributed by atoms with Gasteiger partial charge in [0.2, 0.25) is 5.91 Å². The number of carbonyl (C=O) groups is 1. The number of rotatable bonds is 3. The van der Waals surface area contributed by atoms with E-state index < -0.39 is 5.92 Å². The van der Waals surface area contributed by atoms with Crippen LogP contribution < -0.4 is 0 Å². The van der Waals surface area contributed by atoms with Crippen molar-refractivity contribution in [2.24, 2.45) is 0 Å². The summed E-state index contributed by atoms with van der Waals surface area (Å²) in [6.07, 6.45) is 0.141. The Morgan fingerprint density at radius 3 is 2.58 bits per heavy atom. The standard InChI is InChI=1S/C15H15N3O/c1-11-8-12(2)18(17-11)15(19)9-14(10-16)13-6-4-3-5-7-13/h3-8,14H,9H2,1-2H3/t14-/m0/s1. The summed E-state index contributed by atoms with van der Waals surface area (Å²) in [5.41, 5.74) is 2.46. The summed E-state index contributed by atoms with van der Waals surface area (Å²) in [5, 5.41) is 13.4. The van der Waals surface area contributed by atoms with Crippen molar-refractivity contribution in [1.82, 2.24) is 9.78 Å². The van der Waals surface area contributed by atoms with Gasteiger partial charge in [0.05, 0.1) is 17.7 Å². The fourth-order valence-corrected chi connectivity index (χ4v) is 2.07. The van der Waals surface area contributed by atoms with Crippen molar-refractivity contribution in [3.8, 4) is 6.07 Å². The second kappa shape index (κ2) is 5.49. The first-order valence-electron chi connectivity index (χ1n) is 6.13. The summed E-state index contributed by atoms with van der Waals surface area (Å²) in [5.74, 6) is -0.585. The first kappa shape index (κ1) is 13.0. The van der Waals surface area contributed by atoms with Crippen LogP contribution in [-0.4, -0.2) is 15.7 Å². The molecule has 0 saturated carbocycles. The van der Waals surface area contributed by atoms with Crippen LogP contribution in [0.3, 0.4) is 0 Å². The van der Waals surface area contributed by atoms with E-state index in [2.05, 4.69) is 11.2 Å². The molecule has 1 aromatic carbocycles. The van der Waals surface area contributed by atoms with Crippen LogP contribution in [0.4, 0.5) is 0 Å². The number of hydrogen-bond acceptors (Lipinski definition) is 3. The molecule has 1 atom stereocenters. The number of aromatic nitrogens is 2. The fraction of sp³-hybridized carbons (Fsp3) is 0.267. The monoisotopic (exact) mass is 253 g/mol. The molecule has 0 radical (unpaired) electrons. The topological polar surface area (TPSA) is 58.7 Å². The maximum Gasteiger partial charge on any atom is 0.248 e. The molecule has 0 bridgehead atoms. The number of carbonyl (C=O) groups excluding carboxylic acids is 1. The molecule has 96 valence electrons. The van der Waals surface area contributed by atoms with Gasteiger partial charge >= 0.3 is 0 Å². The highest BCUT2D eigenvalue weighted by molar-refractivity contribution is 5.80.